The van der Waals surface area contributed by atoms with Crippen molar-refractivity contribution in [2.24, 2.45) is 0 Å². The molecule has 3 aromatic carbocycles. The molecule has 0 aliphatic heterocycles. The van der Waals surface area contributed by atoms with E-state index < -0.39 is 0 Å². The van der Waals surface area contributed by atoms with Gasteiger partial charge in [-0.2, -0.15) is 0 Å². The van der Waals surface area contributed by atoms with Crippen LogP contribution in [0.1, 0.15) is 56.2 Å². The number of anilines is 1. The van der Waals surface area contributed by atoms with E-state index in [2.05, 4.69) is 56.5 Å². The maximum Gasteiger partial charge on any atom is 0.238 e. The summed E-state index contributed by atoms with van der Waals surface area (Å²) in [4.78, 5) is 12.7. The molecular formula is C27H31FN2O. The van der Waals surface area contributed by atoms with E-state index in [-0.39, 0.29) is 18.3 Å². The monoisotopic (exact) mass is 418 g/mol. The largest absolute Gasteiger partial charge is 0.324 e. The Morgan fingerprint density at radius 2 is 1.45 bits per heavy atom. The molecule has 0 saturated heterocycles. The zero-order valence-corrected chi connectivity index (χ0v) is 18.7. The molecule has 3 aromatic rings. The van der Waals surface area contributed by atoms with Gasteiger partial charge in [0.2, 0.25) is 5.91 Å². The minimum Gasteiger partial charge on any atom is -0.324 e. The van der Waals surface area contributed by atoms with Gasteiger partial charge < -0.3 is 10.6 Å². The summed E-state index contributed by atoms with van der Waals surface area (Å²) < 4.78 is 13.3. The molecule has 31 heavy (non-hydrogen) atoms. The number of benzene rings is 3. The number of amides is 1. The summed E-state index contributed by atoms with van der Waals surface area (Å²) in [5, 5.41) is 6.39. The average Bonchev–Trinajstić information content (AvgIpc) is 2.74. The molecular weight excluding hydrogens is 387 g/mol. The number of hydrogen-bond acceptors (Lipinski definition) is 2. The summed E-state index contributed by atoms with van der Waals surface area (Å²) in [6, 6.07) is 20.7. The molecule has 0 bridgehead atoms. The molecule has 0 radical (unpaired) electrons. The van der Waals surface area contributed by atoms with Gasteiger partial charge in [0.25, 0.3) is 0 Å². The van der Waals surface area contributed by atoms with E-state index in [0.717, 1.165) is 33.5 Å². The van der Waals surface area contributed by atoms with E-state index in [1.54, 1.807) is 12.1 Å². The fourth-order valence-electron chi connectivity index (χ4n) is 3.78. The third-order valence-electron chi connectivity index (χ3n) is 5.41. The van der Waals surface area contributed by atoms with Crippen molar-refractivity contribution in [1.29, 1.82) is 0 Å². The van der Waals surface area contributed by atoms with Crippen molar-refractivity contribution in [1.82, 2.24) is 5.32 Å². The number of para-hydroxylation sites is 1. The highest BCUT2D eigenvalue weighted by atomic mass is 19.1. The quantitative estimate of drug-likeness (QED) is 0.440. The Morgan fingerprint density at radius 3 is 2.06 bits per heavy atom. The molecule has 0 aliphatic rings. The summed E-state index contributed by atoms with van der Waals surface area (Å²) in [6.07, 6.45) is 0. The summed E-state index contributed by atoms with van der Waals surface area (Å²) in [5.41, 5.74) is 6.29. The topological polar surface area (TPSA) is 41.1 Å². The Bertz CT molecular complexity index is 999. The van der Waals surface area contributed by atoms with Crippen LogP contribution in [-0.2, 0) is 11.3 Å². The molecule has 4 heteroatoms. The van der Waals surface area contributed by atoms with Crippen LogP contribution in [0.2, 0.25) is 0 Å². The van der Waals surface area contributed by atoms with E-state index in [0.29, 0.717) is 18.4 Å². The standard InChI is InChI=1S/C27H31FN2O/c1-18(2)23-10-7-11-24(19(3)4)27(23)30-26(31)17-29-16-21-8-5-6-9-25(21)20-12-14-22(28)15-13-20/h5-15,18-19,29H,16-17H2,1-4H3,(H,30,31). The number of carbonyl (C=O) groups excluding carboxylic acids is 1. The van der Waals surface area contributed by atoms with Gasteiger partial charge in [0, 0.05) is 12.2 Å². The molecule has 0 spiro atoms. The highest BCUT2D eigenvalue weighted by molar-refractivity contribution is 5.94. The van der Waals surface area contributed by atoms with Gasteiger partial charge in [-0.25, -0.2) is 4.39 Å². The lowest BCUT2D eigenvalue weighted by molar-refractivity contribution is -0.115. The Hall–Kier alpha value is -2.98. The Labute approximate surface area is 184 Å². The molecule has 3 nitrogen and oxygen atoms in total. The molecule has 0 saturated carbocycles. The first-order valence-corrected chi connectivity index (χ1v) is 10.8. The van der Waals surface area contributed by atoms with Crippen molar-refractivity contribution in [3.63, 3.8) is 0 Å². The van der Waals surface area contributed by atoms with E-state index >= 15 is 0 Å². The van der Waals surface area contributed by atoms with E-state index in [4.69, 9.17) is 0 Å². The van der Waals surface area contributed by atoms with Crippen LogP contribution in [-0.4, -0.2) is 12.5 Å². The van der Waals surface area contributed by atoms with Crippen LogP contribution in [0.25, 0.3) is 11.1 Å². The van der Waals surface area contributed by atoms with Gasteiger partial charge in [0.15, 0.2) is 0 Å². The first-order valence-electron chi connectivity index (χ1n) is 10.8. The molecule has 1 amide bonds. The normalized spacial score (nSPS) is 11.2. The Kier molecular flexibility index (Phi) is 7.59. The average molecular weight is 419 g/mol. The minimum absolute atomic E-state index is 0.0609. The van der Waals surface area contributed by atoms with Crippen LogP contribution in [0, 0.1) is 5.82 Å². The van der Waals surface area contributed by atoms with Crippen molar-refractivity contribution in [3.8, 4) is 11.1 Å². The fraction of sp³-hybridized carbons (Fsp3) is 0.296. The number of hydrogen-bond donors (Lipinski definition) is 2. The highest BCUT2D eigenvalue weighted by Crippen LogP contribution is 2.32. The Morgan fingerprint density at radius 1 is 0.839 bits per heavy atom. The van der Waals surface area contributed by atoms with Crippen LogP contribution >= 0.6 is 0 Å². The van der Waals surface area contributed by atoms with Gasteiger partial charge in [-0.3, -0.25) is 4.79 Å². The molecule has 3 rings (SSSR count). The maximum absolute atomic E-state index is 13.3. The lowest BCUT2D eigenvalue weighted by atomic mass is 9.92. The van der Waals surface area contributed by atoms with Gasteiger partial charge in [-0.15, -0.1) is 0 Å². The lowest BCUT2D eigenvalue weighted by Crippen LogP contribution is -2.28. The van der Waals surface area contributed by atoms with Crippen molar-refractivity contribution in [2.45, 2.75) is 46.1 Å². The number of carbonyl (C=O) groups is 1. The third-order valence-corrected chi connectivity index (χ3v) is 5.41. The lowest BCUT2D eigenvalue weighted by Gasteiger charge is -2.20. The van der Waals surface area contributed by atoms with Crippen LogP contribution in [0.5, 0.6) is 0 Å². The summed E-state index contributed by atoms with van der Waals surface area (Å²) in [5.74, 6) is 0.335. The van der Waals surface area contributed by atoms with Crippen molar-refractivity contribution < 1.29 is 9.18 Å². The van der Waals surface area contributed by atoms with Gasteiger partial charge in [-0.05, 0) is 51.8 Å². The van der Waals surface area contributed by atoms with Gasteiger partial charge in [-0.1, -0.05) is 82.3 Å². The number of halogens is 1. The molecule has 0 aliphatic carbocycles. The third kappa shape index (κ3) is 5.80. The molecule has 0 aromatic heterocycles. The summed E-state index contributed by atoms with van der Waals surface area (Å²) in [7, 11) is 0. The van der Waals surface area contributed by atoms with Crippen LogP contribution in [0.4, 0.5) is 10.1 Å². The molecule has 0 fully saturated rings. The van der Waals surface area contributed by atoms with Crippen molar-refractivity contribution in [2.75, 3.05) is 11.9 Å². The molecule has 0 unspecified atom stereocenters. The zero-order valence-electron chi connectivity index (χ0n) is 18.7. The first kappa shape index (κ1) is 22.7. The molecule has 162 valence electrons. The van der Waals surface area contributed by atoms with Crippen molar-refractivity contribution >= 4 is 11.6 Å². The molecule has 0 heterocycles. The summed E-state index contributed by atoms with van der Waals surface area (Å²) in [6.45, 7) is 9.31. The Balaban J connectivity index is 1.68. The smallest absolute Gasteiger partial charge is 0.238 e. The van der Waals surface area contributed by atoms with Gasteiger partial charge in [0.1, 0.15) is 5.82 Å². The molecule has 2 N–H and O–H groups in total. The second-order valence-corrected chi connectivity index (χ2v) is 8.44. The fourth-order valence-corrected chi connectivity index (χ4v) is 3.78. The summed E-state index contributed by atoms with van der Waals surface area (Å²) >= 11 is 0. The molecule has 0 atom stereocenters. The van der Waals surface area contributed by atoms with Gasteiger partial charge >= 0.3 is 0 Å². The second-order valence-electron chi connectivity index (χ2n) is 8.44. The van der Waals surface area contributed by atoms with E-state index in [1.807, 2.05) is 24.3 Å². The maximum atomic E-state index is 13.3. The van der Waals surface area contributed by atoms with Crippen LogP contribution in [0.3, 0.4) is 0 Å². The predicted molar refractivity (Wildman–Crippen MR) is 127 cm³/mol. The first-order chi connectivity index (χ1) is 14.9. The van der Waals surface area contributed by atoms with Gasteiger partial charge in [0.05, 0.1) is 6.54 Å². The van der Waals surface area contributed by atoms with Crippen molar-refractivity contribution in [3.05, 3.63) is 89.2 Å². The van der Waals surface area contributed by atoms with Crippen LogP contribution in [0.15, 0.2) is 66.7 Å². The highest BCUT2D eigenvalue weighted by Gasteiger charge is 2.16. The minimum atomic E-state index is -0.251. The predicted octanol–water partition coefficient (Wildman–Crippen LogP) is 6.47. The SMILES string of the molecule is CC(C)c1cccc(C(C)C)c1NC(=O)CNCc1ccccc1-c1ccc(F)cc1. The zero-order chi connectivity index (χ0) is 22.4. The number of nitrogens with one attached hydrogen (secondary N) is 2. The van der Waals surface area contributed by atoms with E-state index in [1.165, 1.54) is 12.1 Å². The number of rotatable bonds is 8. The second kappa shape index (κ2) is 10.4. The van der Waals surface area contributed by atoms with Crippen LogP contribution < -0.4 is 10.6 Å². The van der Waals surface area contributed by atoms with E-state index in [9.17, 15) is 9.18 Å².